The second kappa shape index (κ2) is 4.28. The van der Waals surface area contributed by atoms with E-state index in [4.69, 9.17) is 10.00 Å². The highest BCUT2D eigenvalue weighted by Crippen LogP contribution is 2.32. The van der Waals surface area contributed by atoms with E-state index in [1.54, 1.807) is 19.5 Å². The van der Waals surface area contributed by atoms with Crippen molar-refractivity contribution in [2.75, 3.05) is 7.11 Å². The number of fused-ring (bicyclic) bond motifs is 1. The maximum absolute atomic E-state index is 8.97. The minimum atomic E-state index is 0.540. The molecule has 2 aromatic heterocycles. The van der Waals surface area contributed by atoms with Gasteiger partial charge in [0.05, 0.1) is 12.7 Å². The predicted molar refractivity (Wildman–Crippen MR) is 68.0 cm³/mol. The van der Waals surface area contributed by atoms with Crippen molar-refractivity contribution in [3.63, 3.8) is 0 Å². The van der Waals surface area contributed by atoms with Crippen LogP contribution in [0.2, 0.25) is 0 Å². The van der Waals surface area contributed by atoms with Crippen LogP contribution in [0.1, 0.15) is 5.56 Å². The number of hydrogen-bond donors (Lipinski definition) is 0. The zero-order chi connectivity index (χ0) is 10.8. The van der Waals surface area contributed by atoms with Crippen molar-refractivity contribution in [1.82, 2.24) is 8.96 Å². The van der Waals surface area contributed by atoms with Gasteiger partial charge < -0.3 is 4.74 Å². The Morgan fingerprint density at radius 2 is 2.47 bits per heavy atom. The maximum Gasteiger partial charge on any atom is 0.239 e. The average molecular weight is 331 g/mol. The maximum atomic E-state index is 8.97. The van der Waals surface area contributed by atoms with Crippen molar-refractivity contribution in [2.45, 2.75) is 0 Å². The number of pyridine rings is 1. The van der Waals surface area contributed by atoms with Gasteiger partial charge in [-0.05, 0) is 6.07 Å². The fraction of sp³-hybridized carbons (Fsp3) is 0.111. The third kappa shape index (κ3) is 1.66. The highest BCUT2D eigenvalue weighted by molar-refractivity contribution is 14.2. The van der Waals surface area contributed by atoms with Crippen LogP contribution in [0, 0.1) is 11.3 Å². The van der Waals surface area contributed by atoms with Crippen LogP contribution in [0.15, 0.2) is 18.5 Å². The van der Waals surface area contributed by atoms with Gasteiger partial charge in [0.1, 0.15) is 11.6 Å². The van der Waals surface area contributed by atoms with E-state index in [-0.39, 0.29) is 0 Å². The third-order valence-corrected chi connectivity index (χ3v) is 3.75. The molecule has 2 aromatic rings. The molecule has 0 saturated carbocycles. The fourth-order valence-corrected chi connectivity index (χ4v) is 2.73. The minimum absolute atomic E-state index is 0.540. The highest BCUT2D eigenvalue weighted by atomic mass is 127. The number of hydrogen-bond acceptors (Lipinski definition) is 4. The smallest absolute Gasteiger partial charge is 0.239 e. The molecule has 0 amide bonds. The summed E-state index contributed by atoms with van der Waals surface area (Å²) in [5, 5.41) is 9.84. The Balaban J connectivity index is 2.86. The van der Waals surface area contributed by atoms with Crippen molar-refractivity contribution in [3.05, 3.63) is 24.0 Å². The summed E-state index contributed by atoms with van der Waals surface area (Å²) in [6.45, 7) is 0. The molecule has 0 aliphatic heterocycles. The first-order valence-electron chi connectivity index (χ1n) is 4.05. The zero-order valence-electron chi connectivity index (χ0n) is 7.77. The zero-order valence-corrected chi connectivity index (χ0v) is 10.7. The lowest BCUT2D eigenvalue weighted by molar-refractivity contribution is 0.402. The number of halogens is 1. The van der Waals surface area contributed by atoms with E-state index in [1.165, 1.54) is 9.12 Å². The molecule has 0 atom stereocenters. The second-order valence-corrected chi connectivity index (χ2v) is 4.48. The Morgan fingerprint density at radius 1 is 1.67 bits per heavy atom. The standard InChI is InChI=1S/C9H6IN3OS/c1-14-9-8-7(2-3-12-9)6(4-11)5-13(8)15-10/h2-3,5H,1H3. The lowest BCUT2D eigenvalue weighted by atomic mass is 10.2. The summed E-state index contributed by atoms with van der Waals surface area (Å²) in [7, 11) is 3.05. The van der Waals surface area contributed by atoms with E-state index < -0.39 is 0 Å². The summed E-state index contributed by atoms with van der Waals surface area (Å²) < 4.78 is 7.05. The molecule has 0 aromatic carbocycles. The molecule has 0 fully saturated rings. The van der Waals surface area contributed by atoms with Crippen LogP contribution in [0.5, 0.6) is 5.88 Å². The summed E-state index contributed by atoms with van der Waals surface area (Å²) in [6.07, 6.45) is 3.43. The predicted octanol–water partition coefficient (Wildman–Crippen LogP) is 2.76. The minimum Gasteiger partial charge on any atom is -0.479 e. The summed E-state index contributed by atoms with van der Waals surface area (Å²) in [4.78, 5) is 4.11. The summed E-state index contributed by atoms with van der Waals surface area (Å²) in [5.74, 6) is 0.540. The van der Waals surface area contributed by atoms with Gasteiger partial charge in [0, 0.05) is 48.1 Å². The van der Waals surface area contributed by atoms with Gasteiger partial charge in [0.2, 0.25) is 5.88 Å². The molecule has 0 N–H and O–H groups in total. The Hall–Kier alpha value is -0.940. The summed E-state index contributed by atoms with van der Waals surface area (Å²) in [5.41, 5.74) is 1.48. The topological polar surface area (TPSA) is 50.8 Å². The Kier molecular flexibility index (Phi) is 3.02. The number of nitriles is 1. The molecular formula is C9H6IN3OS. The molecule has 15 heavy (non-hydrogen) atoms. The first-order valence-corrected chi connectivity index (χ1v) is 7.36. The van der Waals surface area contributed by atoms with Crippen LogP contribution < -0.4 is 4.74 Å². The first-order chi connectivity index (χ1) is 7.31. The van der Waals surface area contributed by atoms with Crippen molar-refractivity contribution >= 4 is 41.2 Å². The lowest BCUT2D eigenvalue weighted by Crippen LogP contribution is -1.90. The Labute approximate surface area is 103 Å². The largest absolute Gasteiger partial charge is 0.479 e. The molecule has 6 heteroatoms. The van der Waals surface area contributed by atoms with E-state index in [0.29, 0.717) is 11.4 Å². The molecular weight excluding hydrogens is 325 g/mol. The van der Waals surface area contributed by atoms with Crippen LogP contribution in [-0.4, -0.2) is 16.1 Å². The van der Waals surface area contributed by atoms with Crippen LogP contribution in [-0.2, 0) is 0 Å². The average Bonchev–Trinajstić information content (AvgIpc) is 2.66. The SMILES string of the molecule is COc1nccc2c(C#N)cn(SI)c12. The van der Waals surface area contributed by atoms with E-state index in [2.05, 4.69) is 32.3 Å². The van der Waals surface area contributed by atoms with E-state index in [1.807, 2.05) is 10.0 Å². The molecule has 0 saturated heterocycles. The van der Waals surface area contributed by atoms with Crippen LogP contribution in [0.3, 0.4) is 0 Å². The lowest BCUT2D eigenvalue weighted by Gasteiger charge is -2.02. The van der Waals surface area contributed by atoms with Gasteiger partial charge in [-0.15, -0.1) is 0 Å². The fourth-order valence-electron chi connectivity index (χ4n) is 1.41. The van der Waals surface area contributed by atoms with Gasteiger partial charge in [-0.3, -0.25) is 3.97 Å². The molecule has 4 nitrogen and oxygen atoms in total. The van der Waals surface area contributed by atoms with E-state index in [0.717, 1.165) is 10.9 Å². The van der Waals surface area contributed by atoms with Crippen LogP contribution in [0.4, 0.5) is 0 Å². The quantitative estimate of drug-likeness (QED) is 0.794. The molecule has 0 unspecified atom stereocenters. The Morgan fingerprint density at radius 3 is 3.07 bits per heavy atom. The van der Waals surface area contributed by atoms with Crippen molar-refractivity contribution in [1.29, 1.82) is 5.26 Å². The molecule has 2 heterocycles. The van der Waals surface area contributed by atoms with Gasteiger partial charge in [0.25, 0.3) is 0 Å². The van der Waals surface area contributed by atoms with Gasteiger partial charge in [0.15, 0.2) is 0 Å². The van der Waals surface area contributed by atoms with Crippen LogP contribution >= 0.6 is 30.3 Å². The highest BCUT2D eigenvalue weighted by Gasteiger charge is 2.13. The molecule has 0 spiro atoms. The molecule has 0 aliphatic rings. The monoisotopic (exact) mass is 331 g/mol. The molecule has 0 bridgehead atoms. The van der Waals surface area contributed by atoms with Gasteiger partial charge in [-0.25, -0.2) is 4.98 Å². The first kappa shape index (κ1) is 10.6. The third-order valence-electron chi connectivity index (χ3n) is 2.04. The molecule has 76 valence electrons. The Bertz CT molecular complexity index is 546. The number of nitrogens with zero attached hydrogens (tertiary/aromatic N) is 3. The molecule has 2 rings (SSSR count). The van der Waals surface area contributed by atoms with Crippen molar-refractivity contribution in [2.24, 2.45) is 0 Å². The van der Waals surface area contributed by atoms with Crippen LogP contribution in [0.25, 0.3) is 10.9 Å². The summed E-state index contributed by atoms with van der Waals surface area (Å²) in [6, 6.07) is 3.97. The van der Waals surface area contributed by atoms with Crippen molar-refractivity contribution in [3.8, 4) is 11.9 Å². The van der Waals surface area contributed by atoms with Crippen molar-refractivity contribution < 1.29 is 4.74 Å². The molecule has 0 aliphatic carbocycles. The number of rotatable bonds is 2. The number of ether oxygens (including phenoxy) is 1. The summed E-state index contributed by atoms with van der Waals surface area (Å²) >= 11 is 2.15. The van der Waals surface area contributed by atoms with Gasteiger partial charge in [-0.1, -0.05) is 0 Å². The van der Waals surface area contributed by atoms with E-state index >= 15 is 0 Å². The number of methoxy groups -OCH3 is 1. The second-order valence-electron chi connectivity index (χ2n) is 2.77. The number of aromatic nitrogens is 2. The van der Waals surface area contributed by atoms with E-state index in [9.17, 15) is 0 Å². The van der Waals surface area contributed by atoms with Gasteiger partial charge >= 0.3 is 0 Å². The van der Waals surface area contributed by atoms with Gasteiger partial charge in [-0.2, -0.15) is 5.26 Å². The normalized spacial score (nSPS) is 10.2. The molecule has 0 radical (unpaired) electrons.